The highest BCUT2D eigenvalue weighted by Gasteiger charge is 2.40. The molecule has 0 bridgehead atoms. The van der Waals surface area contributed by atoms with Gasteiger partial charge in [0.2, 0.25) is 11.7 Å². The fraction of sp³-hybridized carbons (Fsp3) is 0.0870. The van der Waals surface area contributed by atoms with Crippen molar-refractivity contribution < 1.29 is 14.4 Å². The molecule has 0 fully saturated rings. The number of aromatic nitrogens is 3. The predicted molar refractivity (Wildman–Crippen MR) is 113 cm³/mol. The van der Waals surface area contributed by atoms with Crippen LogP contribution >= 0.6 is 0 Å². The van der Waals surface area contributed by atoms with Gasteiger partial charge in [-0.3, -0.25) is 23.7 Å². The molecule has 31 heavy (non-hydrogen) atoms. The topological polar surface area (TPSA) is 96.7 Å². The van der Waals surface area contributed by atoms with Gasteiger partial charge in [0.1, 0.15) is 6.04 Å². The summed E-state index contributed by atoms with van der Waals surface area (Å²) in [6, 6.07) is 14.6. The lowest BCUT2D eigenvalue weighted by molar-refractivity contribution is -0.119. The number of fused-ring (bicyclic) bond motifs is 2. The van der Waals surface area contributed by atoms with Crippen LogP contribution in [0, 0.1) is 0 Å². The molecule has 0 spiro atoms. The molecule has 3 amide bonds. The van der Waals surface area contributed by atoms with Crippen LogP contribution in [0.2, 0.25) is 0 Å². The maximum atomic E-state index is 12.7. The molecule has 5 rings (SSSR count). The molecule has 0 saturated heterocycles. The van der Waals surface area contributed by atoms with Crippen molar-refractivity contribution in [3.05, 3.63) is 84.3 Å². The van der Waals surface area contributed by atoms with Gasteiger partial charge in [-0.2, -0.15) is 0 Å². The molecule has 0 saturated carbocycles. The van der Waals surface area contributed by atoms with Crippen molar-refractivity contribution in [2.24, 2.45) is 0 Å². The van der Waals surface area contributed by atoms with Crippen LogP contribution in [-0.4, -0.2) is 43.0 Å². The van der Waals surface area contributed by atoms with Crippen LogP contribution < -0.4 is 5.32 Å². The smallest absolute Gasteiger partial charge is 0.262 e. The van der Waals surface area contributed by atoms with Crippen molar-refractivity contribution in [1.82, 2.24) is 19.3 Å². The molecule has 1 unspecified atom stereocenters. The minimum Gasteiger partial charge on any atom is -0.324 e. The van der Waals surface area contributed by atoms with Crippen molar-refractivity contribution in [2.75, 3.05) is 5.32 Å². The van der Waals surface area contributed by atoms with Gasteiger partial charge in [0.15, 0.2) is 0 Å². The Hall–Kier alpha value is -4.33. The quantitative estimate of drug-likeness (QED) is 0.521. The van der Waals surface area contributed by atoms with Gasteiger partial charge in [0, 0.05) is 29.8 Å². The number of carbonyl (C=O) groups is 3. The molecule has 1 atom stereocenters. The van der Waals surface area contributed by atoms with E-state index in [1.165, 1.54) is 6.92 Å². The van der Waals surface area contributed by atoms with E-state index >= 15 is 0 Å². The van der Waals surface area contributed by atoms with Crippen molar-refractivity contribution >= 4 is 29.2 Å². The first-order valence-corrected chi connectivity index (χ1v) is 9.71. The van der Waals surface area contributed by atoms with E-state index in [2.05, 4.69) is 15.3 Å². The maximum absolute atomic E-state index is 12.7. The summed E-state index contributed by atoms with van der Waals surface area (Å²) in [6.45, 7) is 1.54. The first-order valence-electron chi connectivity index (χ1n) is 9.71. The Bertz CT molecular complexity index is 1270. The summed E-state index contributed by atoms with van der Waals surface area (Å²) in [7, 11) is 0. The zero-order valence-electron chi connectivity index (χ0n) is 16.5. The van der Waals surface area contributed by atoms with E-state index in [4.69, 9.17) is 0 Å². The van der Waals surface area contributed by atoms with Crippen LogP contribution in [0.5, 0.6) is 0 Å². The summed E-state index contributed by atoms with van der Waals surface area (Å²) in [4.78, 5) is 47.6. The summed E-state index contributed by atoms with van der Waals surface area (Å²) in [5.74, 6) is -0.762. The lowest BCUT2D eigenvalue weighted by atomic mass is 10.1. The van der Waals surface area contributed by atoms with Crippen LogP contribution in [0.3, 0.4) is 0 Å². The summed E-state index contributed by atoms with van der Waals surface area (Å²) >= 11 is 0. The third kappa shape index (κ3) is 3.14. The number of hydrogen-bond donors (Lipinski definition) is 1. The molecule has 1 N–H and O–H groups in total. The molecule has 152 valence electrons. The second-order valence-electron chi connectivity index (χ2n) is 7.22. The number of anilines is 1. The second-order valence-corrected chi connectivity index (χ2v) is 7.22. The Morgan fingerprint density at radius 2 is 1.65 bits per heavy atom. The van der Waals surface area contributed by atoms with Crippen molar-refractivity contribution in [3.8, 4) is 11.3 Å². The van der Waals surface area contributed by atoms with Crippen molar-refractivity contribution in [3.63, 3.8) is 0 Å². The number of amides is 3. The number of rotatable bonds is 4. The molecule has 8 heteroatoms. The summed E-state index contributed by atoms with van der Waals surface area (Å²) in [6.07, 6.45) is 5.43. The Balaban J connectivity index is 1.31. The van der Waals surface area contributed by atoms with Gasteiger partial charge >= 0.3 is 0 Å². The van der Waals surface area contributed by atoms with Crippen LogP contribution in [0.25, 0.3) is 17.0 Å². The van der Waals surface area contributed by atoms with E-state index in [-0.39, 0.29) is 0 Å². The Morgan fingerprint density at radius 3 is 2.29 bits per heavy atom. The van der Waals surface area contributed by atoms with E-state index in [1.54, 1.807) is 42.6 Å². The van der Waals surface area contributed by atoms with Gasteiger partial charge in [0.05, 0.1) is 16.8 Å². The normalized spacial score (nSPS) is 14.0. The average Bonchev–Trinajstić information content (AvgIpc) is 3.33. The molecule has 2 aromatic heterocycles. The minimum absolute atomic E-state index is 0.318. The van der Waals surface area contributed by atoms with Crippen LogP contribution in [0.4, 0.5) is 5.69 Å². The largest absolute Gasteiger partial charge is 0.324 e. The lowest BCUT2D eigenvalue weighted by Crippen LogP contribution is -2.45. The fourth-order valence-electron chi connectivity index (χ4n) is 3.62. The zero-order chi connectivity index (χ0) is 21.5. The SMILES string of the molecule is CC(C(=O)Nc1ccc(-c2cn3cccnc3n2)cc1)N1C(=O)c2ccccc2C1=O. The van der Waals surface area contributed by atoms with Gasteiger partial charge in [-0.25, -0.2) is 9.97 Å². The highest BCUT2D eigenvalue weighted by molar-refractivity contribution is 6.23. The predicted octanol–water partition coefficient (Wildman–Crippen LogP) is 3.02. The molecule has 0 aliphatic carbocycles. The van der Waals surface area contributed by atoms with Gasteiger partial charge in [-0.05, 0) is 37.3 Å². The molecule has 3 heterocycles. The fourth-order valence-corrected chi connectivity index (χ4v) is 3.62. The number of imide groups is 1. The summed E-state index contributed by atoms with van der Waals surface area (Å²) in [5, 5.41) is 2.77. The molecule has 1 aliphatic rings. The van der Waals surface area contributed by atoms with Crippen LogP contribution in [-0.2, 0) is 4.79 Å². The van der Waals surface area contributed by atoms with E-state index in [1.807, 2.05) is 35.0 Å². The molecule has 8 nitrogen and oxygen atoms in total. The van der Waals surface area contributed by atoms with Gasteiger partial charge in [0.25, 0.3) is 11.8 Å². The zero-order valence-corrected chi connectivity index (χ0v) is 16.5. The maximum Gasteiger partial charge on any atom is 0.262 e. The number of benzene rings is 2. The van der Waals surface area contributed by atoms with E-state index in [0.29, 0.717) is 22.6 Å². The standard InChI is InChI=1S/C23H17N5O3/c1-14(28-21(30)17-5-2-3-6-18(17)22(28)31)20(29)25-16-9-7-15(8-10-16)19-13-27-12-4-11-24-23(27)26-19/h2-14H,1H3,(H,25,29). The second kappa shape index (κ2) is 7.17. The number of imidazole rings is 1. The van der Waals surface area contributed by atoms with E-state index in [0.717, 1.165) is 16.2 Å². The van der Waals surface area contributed by atoms with Crippen LogP contribution in [0.15, 0.2) is 73.2 Å². The average molecular weight is 411 g/mol. The van der Waals surface area contributed by atoms with Crippen molar-refractivity contribution in [2.45, 2.75) is 13.0 Å². The number of carbonyl (C=O) groups excluding carboxylic acids is 3. The summed E-state index contributed by atoms with van der Waals surface area (Å²) < 4.78 is 1.83. The minimum atomic E-state index is -0.948. The Kier molecular flexibility index (Phi) is 4.32. The van der Waals surface area contributed by atoms with Gasteiger partial charge in [-0.1, -0.05) is 24.3 Å². The highest BCUT2D eigenvalue weighted by atomic mass is 16.2. The monoisotopic (exact) mass is 411 g/mol. The Morgan fingerprint density at radius 1 is 0.968 bits per heavy atom. The molecule has 4 aromatic rings. The first kappa shape index (κ1) is 18.7. The molecule has 1 aliphatic heterocycles. The third-order valence-corrected chi connectivity index (χ3v) is 5.28. The van der Waals surface area contributed by atoms with Crippen molar-refractivity contribution in [1.29, 1.82) is 0 Å². The number of nitrogens with zero attached hydrogens (tertiary/aromatic N) is 4. The molecular formula is C23H17N5O3. The highest BCUT2D eigenvalue weighted by Crippen LogP contribution is 2.25. The third-order valence-electron chi connectivity index (χ3n) is 5.28. The van der Waals surface area contributed by atoms with Crippen LogP contribution in [0.1, 0.15) is 27.6 Å². The number of nitrogens with one attached hydrogen (secondary N) is 1. The first-order chi connectivity index (χ1) is 15.0. The van der Waals surface area contributed by atoms with E-state index in [9.17, 15) is 14.4 Å². The van der Waals surface area contributed by atoms with Gasteiger partial charge < -0.3 is 5.32 Å². The Labute approximate surface area is 177 Å². The molecular weight excluding hydrogens is 394 g/mol. The molecule has 2 aromatic carbocycles. The van der Waals surface area contributed by atoms with E-state index < -0.39 is 23.8 Å². The summed E-state index contributed by atoms with van der Waals surface area (Å²) in [5.41, 5.74) is 2.82. The molecule has 0 radical (unpaired) electrons. The lowest BCUT2D eigenvalue weighted by Gasteiger charge is -2.21. The van der Waals surface area contributed by atoms with Gasteiger partial charge in [-0.15, -0.1) is 0 Å². The number of hydrogen-bond acceptors (Lipinski definition) is 5.